The van der Waals surface area contributed by atoms with Gasteiger partial charge in [0.2, 0.25) is 0 Å². The molecule has 0 bridgehead atoms. The van der Waals surface area contributed by atoms with Crippen molar-refractivity contribution in [2.24, 2.45) is 0 Å². The van der Waals surface area contributed by atoms with Crippen molar-refractivity contribution >= 4 is 38.6 Å². The number of hydrogen-bond donors (Lipinski definition) is 1. The monoisotopic (exact) mass is 502 g/mol. The Bertz CT molecular complexity index is 1400. The van der Waals surface area contributed by atoms with Crippen molar-refractivity contribution in [3.8, 4) is 0 Å². The van der Waals surface area contributed by atoms with Crippen LogP contribution in [0, 0.1) is 6.92 Å². The van der Waals surface area contributed by atoms with Crippen LogP contribution in [-0.2, 0) is 5.54 Å². The minimum Gasteiger partial charge on any atom is -0.330 e. The lowest BCUT2D eigenvalue weighted by Crippen LogP contribution is -2.39. The highest BCUT2D eigenvalue weighted by atomic mass is 32.1. The van der Waals surface area contributed by atoms with Crippen molar-refractivity contribution < 1.29 is 9.59 Å². The SMILES string of the molecule is Cc1ccc(C(=O)Nc2nc3c(s2)c(C(=O)N2CCCC[C@H]2c2cccnc2)nn3C(C)(C)C)cc1. The molecular formula is C27H30N6O2S. The van der Waals surface area contributed by atoms with Crippen molar-refractivity contribution in [3.63, 3.8) is 0 Å². The van der Waals surface area contributed by atoms with Gasteiger partial charge in [-0.2, -0.15) is 10.1 Å². The van der Waals surface area contributed by atoms with Crippen LogP contribution in [0.25, 0.3) is 10.3 Å². The van der Waals surface area contributed by atoms with Crippen molar-refractivity contribution in [3.05, 3.63) is 71.2 Å². The van der Waals surface area contributed by atoms with E-state index in [1.807, 2.05) is 63.1 Å². The van der Waals surface area contributed by atoms with Gasteiger partial charge >= 0.3 is 0 Å². The number of anilines is 1. The molecule has 2 amide bonds. The first-order valence-corrected chi connectivity index (χ1v) is 13.0. The summed E-state index contributed by atoms with van der Waals surface area (Å²) in [5.41, 5.74) is 3.26. The van der Waals surface area contributed by atoms with Gasteiger partial charge in [0.15, 0.2) is 16.5 Å². The molecule has 9 heteroatoms. The maximum Gasteiger partial charge on any atom is 0.276 e. The third kappa shape index (κ3) is 4.63. The lowest BCUT2D eigenvalue weighted by Gasteiger charge is -2.35. The standard InChI is InChI=1S/C27H30N6O2S/c1-17-10-12-18(13-11-17)24(34)30-26-29-23-22(36-26)21(31-33(23)27(2,3)4)25(35)32-15-6-5-9-20(32)19-8-7-14-28-16-19/h7-8,10-14,16,20H,5-6,9,15H2,1-4H3,(H,29,30,34)/t20-/m0/s1. The molecule has 186 valence electrons. The third-order valence-electron chi connectivity index (χ3n) is 6.43. The first-order chi connectivity index (χ1) is 17.2. The van der Waals surface area contributed by atoms with E-state index in [0.717, 1.165) is 30.4 Å². The Balaban J connectivity index is 1.51. The van der Waals surface area contributed by atoms with E-state index in [4.69, 9.17) is 10.1 Å². The Labute approximate surface area is 214 Å². The number of thiazole rings is 1. The van der Waals surface area contributed by atoms with Gasteiger partial charge in [0.05, 0.1) is 11.6 Å². The van der Waals surface area contributed by atoms with Crippen LogP contribution in [0.1, 0.15) is 78.0 Å². The summed E-state index contributed by atoms with van der Waals surface area (Å²) in [5.74, 6) is -0.348. The molecule has 0 aliphatic carbocycles. The predicted octanol–water partition coefficient (Wildman–Crippen LogP) is 5.57. The Hall–Kier alpha value is -3.59. The molecule has 1 saturated heterocycles. The number of aromatic nitrogens is 4. The fourth-order valence-corrected chi connectivity index (χ4v) is 5.49. The van der Waals surface area contributed by atoms with Crippen LogP contribution >= 0.6 is 11.3 Å². The van der Waals surface area contributed by atoms with Gasteiger partial charge in [-0.15, -0.1) is 0 Å². The number of pyridine rings is 1. The van der Waals surface area contributed by atoms with E-state index in [9.17, 15) is 9.59 Å². The molecule has 0 radical (unpaired) electrons. The molecule has 0 saturated carbocycles. The number of aryl methyl sites for hydroxylation is 1. The molecule has 4 aromatic rings. The molecule has 1 aliphatic heterocycles. The smallest absolute Gasteiger partial charge is 0.276 e. The van der Waals surface area contributed by atoms with Crippen molar-refractivity contribution in [2.75, 3.05) is 11.9 Å². The summed E-state index contributed by atoms with van der Waals surface area (Å²) in [6, 6.07) is 11.3. The molecule has 3 aromatic heterocycles. The zero-order chi connectivity index (χ0) is 25.4. The second kappa shape index (κ2) is 9.46. The van der Waals surface area contributed by atoms with Gasteiger partial charge in [0, 0.05) is 24.5 Å². The Kier molecular flexibility index (Phi) is 6.34. The van der Waals surface area contributed by atoms with Crippen LogP contribution in [0.15, 0.2) is 48.8 Å². The highest BCUT2D eigenvalue weighted by molar-refractivity contribution is 7.22. The maximum atomic E-state index is 13.9. The van der Waals surface area contributed by atoms with Crippen molar-refractivity contribution in [1.82, 2.24) is 24.6 Å². The molecule has 0 unspecified atom stereocenters. The average molecular weight is 503 g/mol. The summed E-state index contributed by atoms with van der Waals surface area (Å²) in [6.07, 6.45) is 6.49. The summed E-state index contributed by atoms with van der Waals surface area (Å²) in [4.78, 5) is 37.6. The van der Waals surface area contributed by atoms with Gasteiger partial charge < -0.3 is 4.90 Å². The molecule has 8 nitrogen and oxygen atoms in total. The Morgan fingerprint density at radius 3 is 2.58 bits per heavy atom. The lowest BCUT2D eigenvalue weighted by molar-refractivity contribution is 0.0605. The summed E-state index contributed by atoms with van der Waals surface area (Å²) in [5, 5.41) is 8.11. The number of piperidine rings is 1. The van der Waals surface area contributed by atoms with Crippen LogP contribution in [0.3, 0.4) is 0 Å². The van der Waals surface area contributed by atoms with E-state index < -0.39 is 5.54 Å². The van der Waals surface area contributed by atoms with E-state index in [-0.39, 0.29) is 17.9 Å². The molecule has 36 heavy (non-hydrogen) atoms. The number of likely N-dealkylation sites (tertiary alicyclic amines) is 1. The lowest BCUT2D eigenvalue weighted by atomic mass is 9.96. The minimum absolute atomic E-state index is 0.0385. The van der Waals surface area contributed by atoms with Gasteiger partial charge in [0.1, 0.15) is 4.70 Å². The Morgan fingerprint density at radius 2 is 1.89 bits per heavy atom. The number of nitrogens with one attached hydrogen (secondary N) is 1. The number of carbonyl (C=O) groups is 2. The summed E-state index contributed by atoms with van der Waals surface area (Å²) in [7, 11) is 0. The highest BCUT2D eigenvalue weighted by Crippen LogP contribution is 2.36. The van der Waals surface area contributed by atoms with E-state index in [2.05, 4.69) is 10.3 Å². The first-order valence-electron chi connectivity index (χ1n) is 12.2. The molecule has 4 heterocycles. The molecule has 5 rings (SSSR count). The predicted molar refractivity (Wildman–Crippen MR) is 141 cm³/mol. The number of benzene rings is 1. The zero-order valence-electron chi connectivity index (χ0n) is 21.0. The number of carbonyl (C=O) groups excluding carboxylic acids is 2. The summed E-state index contributed by atoms with van der Waals surface area (Å²) in [6.45, 7) is 8.72. The van der Waals surface area contributed by atoms with Crippen molar-refractivity contribution in [2.45, 2.75) is 58.5 Å². The fraction of sp³-hybridized carbons (Fsp3) is 0.370. The average Bonchev–Trinajstić information content (AvgIpc) is 3.43. The normalized spacial score (nSPS) is 16.3. The quantitative estimate of drug-likeness (QED) is 0.394. The van der Waals surface area contributed by atoms with Gasteiger partial charge in [-0.25, -0.2) is 4.68 Å². The topological polar surface area (TPSA) is 93.0 Å². The van der Waals surface area contributed by atoms with Crippen LogP contribution in [0.2, 0.25) is 0 Å². The number of nitrogens with zero attached hydrogens (tertiary/aromatic N) is 5. The maximum absolute atomic E-state index is 13.9. The Morgan fingerprint density at radius 1 is 1.11 bits per heavy atom. The number of fused-ring (bicyclic) bond motifs is 1. The second-order valence-corrected chi connectivity index (χ2v) is 11.2. The van der Waals surface area contributed by atoms with Crippen LogP contribution < -0.4 is 5.32 Å². The molecule has 1 aliphatic rings. The molecule has 0 spiro atoms. The third-order valence-corrected chi connectivity index (χ3v) is 7.40. The number of rotatable bonds is 4. The van der Waals surface area contributed by atoms with Gasteiger partial charge in [-0.05, 0) is 70.7 Å². The fourth-order valence-electron chi connectivity index (χ4n) is 4.57. The largest absolute Gasteiger partial charge is 0.330 e. The van der Waals surface area contributed by atoms with Gasteiger partial charge in [-0.1, -0.05) is 35.1 Å². The first kappa shape index (κ1) is 24.1. The van der Waals surface area contributed by atoms with Gasteiger partial charge in [0.25, 0.3) is 11.8 Å². The van der Waals surface area contributed by atoms with Crippen molar-refractivity contribution in [1.29, 1.82) is 0 Å². The van der Waals surface area contributed by atoms with E-state index in [1.165, 1.54) is 11.3 Å². The van der Waals surface area contributed by atoms with Crippen LogP contribution in [0.5, 0.6) is 0 Å². The summed E-state index contributed by atoms with van der Waals surface area (Å²) >= 11 is 1.29. The van der Waals surface area contributed by atoms with Gasteiger partial charge in [-0.3, -0.25) is 19.9 Å². The second-order valence-electron chi connectivity index (χ2n) is 10.2. The van der Waals surface area contributed by atoms with E-state index in [1.54, 1.807) is 23.0 Å². The number of amides is 2. The molecular weight excluding hydrogens is 472 g/mol. The molecule has 1 N–H and O–H groups in total. The molecule has 1 atom stereocenters. The van der Waals surface area contributed by atoms with Crippen LogP contribution in [-0.4, -0.2) is 43.0 Å². The zero-order valence-corrected chi connectivity index (χ0v) is 21.8. The minimum atomic E-state index is -0.395. The highest BCUT2D eigenvalue weighted by Gasteiger charge is 2.34. The molecule has 1 aromatic carbocycles. The molecule has 1 fully saturated rings. The number of hydrogen-bond acceptors (Lipinski definition) is 6. The van der Waals surface area contributed by atoms with E-state index >= 15 is 0 Å². The van der Waals surface area contributed by atoms with E-state index in [0.29, 0.717) is 33.3 Å². The van der Waals surface area contributed by atoms with Crippen LogP contribution in [0.4, 0.5) is 5.13 Å². The summed E-state index contributed by atoms with van der Waals surface area (Å²) < 4.78 is 2.47.